The number of amides is 2. The van der Waals surface area contributed by atoms with Crippen LogP contribution in [0, 0.1) is 12.8 Å². The molecule has 2 unspecified atom stereocenters. The van der Waals surface area contributed by atoms with E-state index in [4.69, 9.17) is 18.9 Å². The first-order chi connectivity index (χ1) is 16.1. The van der Waals surface area contributed by atoms with E-state index in [0.29, 0.717) is 17.2 Å². The molecule has 0 aliphatic carbocycles. The van der Waals surface area contributed by atoms with Crippen molar-refractivity contribution in [3.63, 3.8) is 0 Å². The van der Waals surface area contributed by atoms with Crippen molar-refractivity contribution in [3.8, 4) is 17.2 Å². The highest BCUT2D eigenvalue weighted by Gasteiger charge is 2.28. The fraction of sp³-hybridized carbons (Fsp3) is 0.462. The van der Waals surface area contributed by atoms with Crippen LogP contribution in [0.2, 0.25) is 0 Å². The van der Waals surface area contributed by atoms with E-state index < -0.39 is 18.2 Å². The predicted molar refractivity (Wildman–Crippen MR) is 130 cm³/mol. The van der Waals surface area contributed by atoms with Crippen LogP contribution in [-0.4, -0.2) is 45.0 Å². The van der Waals surface area contributed by atoms with E-state index in [9.17, 15) is 9.59 Å². The molecule has 2 amide bonds. The highest BCUT2D eigenvalue weighted by atomic mass is 16.6. The smallest absolute Gasteiger partial charge is 0.408 e. The van der Waals surface area contributed by atoms with E-state index in [1.807, 2.05) is 51.1 Å². The zero-order valence-electron chi connectivity index (χ0n) is 21.0. The fourth-order valence-corrected chi connectivity index (χ4v) is 3.28. The van der Waals surface area contributed by atoms with Crippen LogP contribution in [-0.2, 0) is 9.53 Å². The van der Waals surface area contributed by atoms with Crippen LogP contribution in [0.15, 0.2) is 42.5 Å². The zero-order chi connectivity index (χ0) is 25.3. The molecule has 2 rings (SSSR count). The van der Waals surface area contributed by atoms with Crippen LogP contribution in [0.3, 0.4) is 0 Å². The van der Waals surface area contributed by atoms with Gasteiger partial charge in [-0.1, -0.05) is 37.6 Å². The van der Waals surface area contributed by atoms with Gasteiger partial charge in [0.1, 0.15) is 18.4 Å². The molecule has 0 saturated heterocycles. The molecule has 0 fully saturated rings. The Hall–Kier alpha value is -3.42. The second-order valence-electron chi connectivity index (χ2n) is 8.62. The molecule has 0 bridgehead atoms. The van der Waals surface area contributed by atoms with Crippen LogP contribution in [0.5, 0.6) is 17.2 Å². The molecule has 0 aliphatic heterocycles. The van der Waals surface area contributed by atoms with Gasteiger partial charge in [-0.15, -0.1) is 0 Å². The maximum Gasteiger partial charge on any atom is 0.408 e. The van der Waals surface area contributed by atoms with E-state index >= 15 is 0 Å². The third kappa shape index (κ3) is 7.86. The number of carbonyl (C=O) groups is 2. The molecule has 8 nitrogen and oxygen atoms in total. The predicted octanol–water partition coefficient (Wildman–Crippen LogP) is 4.41. The highest BCUT2D eigenvalue weighted by Crippen LogP contribution is 2.30. The lowest BCUT2D eigenvalue weighted by Crippen LogP contribution is -2.51. The minimum absolute atomic E-state index is 0.163. The van der Waals surface area contributed by atoms with Crippen LogP contribution < -0.4 is 24.8 Å². The van der Waals surface area contributed by atoms with Crippen molar-refractivity contribution in [2.24, 2.45) is 5.92 Å². The Morgan fingerprint density at radius 3 is 2.09 bits per heavy atom. The van der Waals surface area contributed by atoms with E-state index in [-0.39, 0.29) is 24.5 Å². The summed E-state index contributed by atoms with van der Waals surface area (Å²) in [5.41, 5.74) is 1.89. The molecule has 2 aromatic rings. The minimum atomic E-state index is -0.784. The minimum Gasteiger partial charge on any atom is -0.493 e. The Bertz CT molecular complexity index is 943. The Balaban J connectivity index is 2.27. The maximum atomic E-state index is 13.2. The number of hydrogen-bond acceptors (Lipinski definition) is 6. The van der Waals surface area contributed by atoms with Gasteiger partial charge in [0, 0.05) is 0 Å². The van der Waals surface area contributed by atoms with E-state index in [0.717, 1.165) is 11.1 Å². The molecule has 186 valence electrons. The maximum absolute atomic E-state index is 13.2. The van der Waals surface area contributed by atoms with Crippen LogP contribution in [0.1, 0.15) is 44.9 Å². The lowest BCUT2D eigenvalue weighted by molar-refractivity contribution is -0.125. The van der Waals surface area contributed by atoms with E-state index in [1.54, 1.807) is 40.2 Å². The first kappa shape index (κ1) is 26.8. The molecule has 0 spiro atoms. The second kappa shape index (κ2) is 12.7. The van der Waals surface area contributed by atoms with Crippen molar-refractivity contribution < 1.29 is 28.5 Å². The van der Waals surface area contributed by atoms with Gasteiger partial charge in [0.05, 0.1) is 26.4 Å². The molecule has 0 saturated carbocycles. The summed E-state index contributed by atoms with van der Waals surface area (Å²) in [4.78, 5) is 25.4. The Morgan fingerprint density at radius 1 is 0.882 bits per heavy atom. The van der Waals surface area contributed by atoms with Gasteiger partial charge in [-0.2, -0.15) is 0 Å². The Morgan fingerprint density at radius 2 is 1.53 bits per heavy atom. The van der Waals surface area contributed by atoms with Gasteiger partial charge in [-0.25, -0.2) is 4.79 Å². The Labute approximate surface area is 201 Å². The molecule has 34 heavy (non-hydrogen) atoms. The number of methoxy groups -OCH3 is 2. The molecule has 2 N–H and O–H groups in total. The number of ether oxygens (including phenoxy) is 4. The van der Waals surface area contributed by atoms with Crippen molar-refractivity contribution in [3.05, 3.63) is 53.6 Å². The summed E-state index contributed by atoms with van der Waals surface area (Å²) in [6, 6.07) is 11.8. The summed E-state index contributed by atoms with van der Waals surface area (Å²) in [6.45, 7) is 9.38. The standard InChI is InChI=1S/C26H36N2O6/c1-16(2)24(28-26(30)34-17(3)4)25(29)27-21(15-33-20-11-8-18(5)9-12-20)19-10-13-22(31-6)23(14-19)32-7/h8-14,16-17,21,24H,15H2,1-7H3,(H,27,29)(H,28,30). The monoisotopic (exact) mass is 472 g/mol. The summed E-state index contributed by atoms with van der Waals surface area (Å²) < 4.78 is 21.9. The van der Waals surface area contributed by atoms with Crippen molar-refractivity contribution in [1.29, 1.82) is 0 Å². The number of hydrogen-bond donors (Lipinski definition) is 2. The third-order valence-electron chi connectivity index (χ3n) is 5.13. The van der Waals surface area contributed by atoms with Crippen molar-refractivity contribution in [1.82, 2.24) is 10.6 Å². The quantitative estimate of drug-likeness (QED) is 0.503. The summed E-state index contributed by atoms with van der Waals surface area (Å²) >= 11 is 0. The van der Waals surface area contributed by atoms with Crippen LogP contribution >= 0.6 is 0 Å². The fourth-order valence-electron chi connectivity index (χ4n) is 3.28. The number of rotatable bonds is 11. The van der Waals surface area contributed by atoms with Crippen molar-refractivity contribution in [2.45, 2.75) is 52.8 Å². The molecular weight excluding hydrogens is 436 g/mol. The largest absolute Gasteiger partial charge is 0.493 e. The summed E-state index contributed by atoms with van der Waals surface area (Å²) in [6.07, 6.45) is -0.930. The van der Waals surface area contributed by atoms with Crippen molar-refractivity contribution >= 4 is 12.0 Å². The van der Waals surface area contributed by atoms with Gasteiger partial charge >= 0.3 is 6.09 Å². The molecule has 8 heteroatoms. The summed E-state index contributed by atoms with van der Waals surface area (Å²) in [5, 5.41) is 5.68. The molecule has 0 aliphatic rings. The molecule has 0 radical (unpaired) electrons. The van der Waals surface area contributed by atoms with E-state index in [2.05, 4.69) is 10.6 Å². The number of nitrogens with one attached hydrogen (secondary N) is 2. The molecule has 2 atom stereocenters. The summed E-state index contributed by atoms with van der Waals surface area (Å²) in [7, 11) is 3.11. The van der Waals surface area contributed by atoms with Gasteiger partial charge in [-0.3, -0.25) is 4.79 Å². The van der Waals surface area contributed by atoms with E-state index in [1.165, 1.54) is 0 Å². The SMILES string of the molecule is COc1ccc(C(COc2ccc(C)cc2)NC(=O)C(NC(=O)OC(C)C)C(C)C)cc1OC. The normalized spacial score (nSPS) is 12.6. The number of carbonyl (C=O) groups excluding carboxylic acids is 2. The average Bonchev–Trinajstić information content (AvgIpc) is 2.79. The van der Waals surface area contributed by atoms with Crippen LogP contribution in [0.25, 0.3) is 0 Å². The lowest BCUT2D eigenvalue weighted by Gasteiger charge is -2.26. The third-order valence-corrected chi connectivity index (χ3v) is 5.13. The average molecular weight is 473 g/mol. The number of alkyl carbamates (subject to hydrolysis) is 1. The van der Waals surface area contributed by atoms with Crippen molar-refractivity contribution in [2.75, 3.05) is 20.8 Å². The lowest BCUT2D eigenvalue weighted by atomic mass is 10.0. The Kier molecular flexibility index (Phi) is 10.0. The molecular formula is C26H36N2O6. The van der Waals surface area contributed by atoms with Gasteiger partial charge < -0.3 is 29.6 Å². The molecule has 0 aromatic heterocycles. The van der Waals surface area contributed by atoms with Gasteiger partial charge in [-0.05, 0) is 56.5 Å². The molecule has 0 heterocycles. The second-order valence-corrected chi connectivity index (χ2v) is 8.62. The van der Waals surface area contributed by atoms with Gasteiger partial charge in [0.15, 0.2) is 11.5 Å². The topological polar surface area (TPSA) is 95.1 Å². The van der Waals surface area contributed by atoms with Gasteiger partial charge in [0.2, 0.25) is 5.91 Å². The zero-order valence-corrected chi connectivity index (χ0v) is 21.0. The number of aryl methyl sites for hydroxylation is 1. The van der Waals surface area contributed by atoms with Crippen LogP contribution in [0.4, 0.5) is 4.79 Å². The summed E-state index contributed by atoms with van der Waals surface area (Å²) in [5.74, 6) is 1.29. The number of benzene rings is 2. The highest BCUT2D eigenvalue weighted by molar-refractivity contribution is 5.86. The first-order valence-corrected chi connectivity index (χ1v) is 11.3. The first-order valence-electron chi connectivity index (χ1n) is 11.3. The van der Waals surface area contributed by atoms with Gasteiger partial charge in [0.25, 0.3) is 0 Å². The molecule has 2 aromatic carbocycles.